The van der Waals surface area contributed by atoms with Gasteiger partial charge in [0, 0.05) is 5.69 Å². The molecule has 6 nitrogen and oxygen atoms in total. The van der Waals surface area contributed by atoms with Gasteiger partial charge >= 0.3 is 6.03 Å². The Morgan fingerprint density at radius 3 is 2.48 bits per heavy atom. The lowest BCUT2D eigenvalue weighted by Gasteiger charge is -2.19. The average molecular weight is 390 g/mol. The van der Waals surface area contributed by atoms with E-state index in [1.165, 1.54) is 29.2 Å². The van der Waals surface area contributed by atoms with Gasteiger partial charge in [-0.1, -0.05) is 17.7 Å². The highest BCUT2D eigenvalue weighted by atomic mass is 35.5. The molecule has 0 bridgehead atoms. The van der Waals surface area contributed by atoms with E-state index in [4.69, 9.17) is 11.6 Å². The third kappa shape index (κ3) is 3.78. The summed E-state index contributed by atoms with van der Waals surface area (Å²) in [7, 11) is 0. The number of imide groups is 1. The van der Waals surface area contributed by atoms with E-state index in [1.54, 1.807) is 25.1 Å². The smallest absolute Gasteiger partial charge is 0.323 e. The largest absolute Gasteiger partial charge is 0.332 e. The fourth-order valence-corrected chi connectivity index (χ4v) is 3.14. The summed E-state index contributed by atoms with van der Waals surface area (Å²) >= 11 is 6.09. The van der Waals surface area contributed by atoms with Crippen LogP contribution in [0.2, 0.25) is 5.02 Å². The second kappa shape index (κ2) is 7.36. The van der Waals surface area contributed by atoms with E-state index in [0.29, 0.717) is 16.4 Å². The molecule has 27 heavy (non-hydrogen) atoms. The summed E-state index contributed by atoms with van der Waals surface area (Å²) in [6.07, 6.45) is 0. The molecule has 1 saturated heterocycles. The first-order valence-corrected chi connectivity index (χ1v) is 8.62. The monoisotopic (exact) mass is 389 g/mol. The van der Waals surface area contributed by atoms with Crippen LogP contribution in [-0.4, -0.2) is 35.3 Å². The normalized spacial score (nSPS) is 16.8. The van der Waals surface area contributed by atoms with E-state index >= 15 is 0 Å². The van der Waals surface area contributed by atoms with E-state index in [2.05, 4.69) is 5.32 Å². The van der Waals surface area contributed by atoms with Gasteiger partial charge in [0.1, 0.15) is 18.4 Å². The van der Waals surface area contributed by atoms with Crippen LogP contribution in [-0.2, 0) is 9.59 Å². The Kier molecular flexibility index (Phi) is 5.14. The lowest BCUT2D eigenvalue weighted by Crippen LogP contribution is -2.39. The van der Waals surface area contributed by atoms with Gasteiger partial charge in [-0.3, -0.25) is 19.4 Å². The maximum absolute atomic E-state index is 13.1. The number of hydrogen-bond acceptors (Lipinski definition) is 3. The van der Waals surface area contributed by atoms with Crippen LogP contribution in [0, 0.1) is 12.7 Å². The van der Waals surface area contributed by atoms with Crippen molar-refractivity contribution in [3.63, 3.8) is 0 Å². The number of hydrogen-bond donors (Lipinski definition) is 1. The summed E-state index contributed by atoms with van der Waals surface area (Å²) in [6, 6.07) is 8.93. The van der Waals surface area contributed by atoms with Crippen molar-refractivity contribution in [2.75, 3.05) is 16.8 Å². The number of benzene rings is 2. The number of urea groups is 1. The molecule has 2 aromatic rings. The van der Waals surface area contributed by atoms with Gasteiger partial charge in [-0.15, -0.1) is 0 Å². The molecule has 3 rings (SSSR count). The minimum absolute atomic E-state index is 0.365. The Hall–Kier alpha value is -2.93. The van der Waals surface area contributed by atoms with Crippen LogP contribution in [0.25, 0.3) is 0 Å². The first-order chi connectivity index (χ1) is 12.8. The summed E-state index contributed by atoms with van der Waals surface area (Å²) < 4.78 is 13.1. The molecular formula is C19H17ClFN3O3. The number of nitrogens with one attached hydrogen (secondary N) is 1. The Labute approximate surface area is 160 Å². The maximum Gasteiger partial charge on any atom is 0.332 e. The highest BCUT2D eigenvalue weighted by molar-refractivity contribution is 6.33. The molecule has 0 saturated carbocycles. The number of anilines is 2. The second-order valence-electron chi connectivity index (χ2n) is 6.26. The fraction of sp³-hybridized carbons (Fsp3) is 0.211. The highest BCUT2D eigenvalue weighted by Crippen LogP contribution is 2.26. The van der Waals surface area contributed by atoms with Crippen molar-refractivity contribution in [2.24, 2.45) is 0 Å². The molecule has 0 aromatic heterocycles. The Balaban J connectivity index is 1.74. The molecule has 140 valence electrons. The van der Waals surface area contributed by atoms with Crippen LogP contribution in [0.1, 0.15) is 12.5 Å². The van der Waals surface area contributed by atoms with Crippen LogP contribution < -0.4 is 10.2 Å². The Morgan fingerprint density at radius 2 is 1.85 bits per heavy atom. The van der Waals surface area contributed by atoms with Crippen LogP contribution >= 0.6 is 11.6 Å². The molecule has 1 aliphatic rings. The summed E-state index contributed by atoms with van der Waals surface area (Å²) in [5.74, 6) is -1.50. The Morgan fingerprint density at radius 1 is 1.19 bits per heavy atom. The quantitative estimate of drug-likeness (QED) is 0.812. The predicted molar refractivity (Wildman–Crippen MR) is 100 cm³/mol. The van der Waals surface area contributed by atoms with Crippen LogP contribution in [0.5, 0.6) is 0 Å². The van der Waals surface area contributed by atoms with Crippen molar-refractivity contribution in [1.29, 1.82) is 0 Å². The van der Waals surface area contributed by atoms with Crippen molar-refractivity contribution >= 4 is 40.8 Å². The third-order valence-electron chi connectivity index (χ3n) is 4.25. The van der Waals surface area contributed by atoms with E-state index in [9.17, 15) is 18.8 Å². The molecule has 0 spiro atoms. The predicted octanol–water partition coefficient (Wildman–Crippen LogP) is 3.58. The van der Waals surface area contributed by atoms with Gasteiger partial charge in [0.15, 0.2) is 0 Å². The lowest BCUT2D eigenvalue weighted by molar-refractivity contribution is -0.130. The fourth-order valence-electron chi connectivity index (χ4n) is 2.86. The van der Waals surface area contributed by atoms with Gasteiger partial charge in [-0.25, -0.2) is 9.18 Å². The topological polar surface area (TPSA) is 69.7 Å². The molecule has 1 atom stereocenters. The molecule has 0 unspecified atom stereocenters. The van der Waals surface area contributed by atoms with Crippen molar-refractivity contribution < 1.29 is 18.8 Å². The lowest BCUT2D eigenvalue weighted by atomic mass is 10.2. The van der Waals surface area contributed by atoms with E-state index in [-0.39, 0.29) is 0 Å². The highest BCUT2D eigenvalue weighted by Gasteiger charge is 2.44. The van der Waals surface area contributed by atoms with Gasteiger partial charge in [-0.05, 0) is 55.8 Å². The van der Waals surface area contributed by atoms with E-state index in [1.807, 2.05) is 6.92 Å². The zero-order valence-electron chi connectivity index (χ0n) is 14.7. The molecule has 8 heteroatoms. The first kappa shape index (κ1) is 18.8. The Bertz CT molecular complexity index is 917. The minimum Gasteiger partial charge on any atom is -0.323 e. The summed E-state index contributed by atoms with van der Waals surface area (Å²) in [5, 5.41) is 2.96. The van der Waals surface area contributed by atoms with Gasteiger partial charge in [0.2, 0.25) is 5.91 Å². The van der Waals surface area contributed by atoms with Crippen molar-refractivity contribution in [3.8, 4) is 0 Å². The zero-order valence-corrected chi connectivity index (χ0v) is 15.5. The van der Waals surface area contributed by atoms with E-state index in [0.717, 1.165) is 10.5 Å². The molecular weight excluding hydrogens is 373 g/mol. The van der Waals surface area contributed by atoms with Gasteiger partial charge in [-0.2, -0.15) is 0 Å². The van der Waals surface area contributed by atoms with Gasteiger partial charge in [0.05, 0.1) is 10.7 Å². The SMILES string of the molecule is Cc1ccc(NC(=O)CN2C(=O)[C@H](C)N(c3ccc(F)cc3)C2=O)c(Cl)c1. The number of nitrogens with zero attached hydrogens (tertiary/aromatic N) is 2. The standard InChI is InChI=1S/C19H17ClFN3O3/c1-11-3-8-16(15(20)9-11)22-17(25)10-23-18(26)12(2)24(19(23)27)14-6-4-13(21)5-7-14/h3-9,12H,10H2,1-2H3,(H,22,25)/t12-/m0/s1. The molecule has 1 fully saturated rings. The van der Waals surface area contributed by atoms with Crippen molar-refractivity contribution in [2.45, 2.75) is 19.9 Å². The maximum atomic E-state index is 13.1. The average Bonchev–Trinajstić information content (AvgIpc) is 2.82. The van der Waals surface area contributed by atoms with E-state index < -0.39 is 36.2 Å². The molecule has 2 aromatic carbocycles. The molecule has 1 heterocycles. The number of amides is 4. The molecule has 1 aliphatic heterocycles. The number of halogens is 2. The third-order valence-corrected chi connectivity index (χ3v) is 4.57. The molecule has 1 N–H and O–H groups in total. The van der Waals surface area contributed by atoms with Gasteiger partial charge in [0.25, 0.3) is 5.91 Å². The molecule has 0 aliphatic carbocycles. The number of rotatable bonds is 4. The summed E-state index contributed by atoms with van der Waals surface area (Å²) in [5.41, 5.74) is 1.72. The summed E-state index contributed by atoms with van der Waals surface area (Å²) in [4.78, 5) is 39.5. The summed E-state index contributed by atoms with van der Waals surface area (Å²) in [6.45, 7) is 2.98. The van der Waals surface area contributed by atoms with Crippen LogP contribution in [0.15, 0.2) is 42.5 Å². The number of carbonyl (C=O) groups is 3. The van der Waals surface area contributed by atoms with Crippen molar-refractivity contribution in [3.05, 3.63) is 58.9 Å². The molecule has 0 radical (unpaired) electrons. The van der Waals surface area contributed by atoms with Crippen LogP contribution in [0.4, 0.5) is 20.6 Å². The second-order valence-corrected chi connectivity index (χ2v) is 6.67. The zero-order chi connectivity index (χ0) is 19.7. The van der Waals surface area contributed by atoms with Gasteiger partial charge < -0.3 is 5.32 Å². The van der Waals surface area contributed by atoms with Crippen molar-refractivity contribution in [1.82, 2.24) is 4.90 Å². The van der Waals surface area contributed by atoms with Crippen LogP contribution in [0.3, 0.4) is 0 Å². The number of carbonyl (C=O) groups excluding carboxylic acids is 3. The first-order valence-electron chi connectivity index (χ1n) is 8.24. The minimum atomic E-state index is -0.793. The number of aryl methyl sites for hydroxylation is 1. The molecule has 4 amide bonds.